The summed E-state index contributed by atoms with van der Waals surface area (Å²) in [4.78, 5) is 28.6. The molecule has 0 unspecified atom stereocenters. The van der Waals surface area contributed by atoms with Gasteiger partial charge in [-0.25, -0.2) is 4.68 Å². The second kappa shape index (κ2) is 11.7. The first-order valence-corrected chi connectivity index (χ1v) is 14.9. The molecule has 1 aliphatic heterocycles. The molecule has 2 aromatic rings. The second-order valence-electron chi connectivity index (χ2n) is 12.1. The number of hydrogen-bond acceptors (Lipinski definition) is 8. The van der Waals surface area contributed by atoms with Crippen LogP contribution < -0.4 is 5.32 Å². The van der Waals surface area contributed by atoms with Crippen molar-refractivity contribution < 1.29 is 14.7 Å². The topological polar surface area (TPSA) is 131 Å². The van der Waals surface area contributed by atoms with Crippen LogP contribution in [0.15, 0.2) is 11.4 Å². The summed E-state index contributed by atoms with van der Waals surface area (Å²) in [6, 6.07) is -1.34. The molecule has 11 nitrogen and oxygen atoms in total. The third kappa shape index (κ3) is 6.56. The molecule has 3 heterocycles. The fraction of sp³-hybridized carbons (Fsp3) is 0.769. The first kappa shape index (κ1) is 28.5. The normalized spacial score (nSPS) is 20.8. The van der Waals surface area contributed by atoms with E-state index in [1.165, 1.54) is 4.90 Å². The highest BCUT2D eigenvalue weighted by molar-refractivity contribution is 7.98. The van der Waals surface area contributed by atoms with Gasteiger partial charge in [0.25, 0.3) is 0 Å². The molecule has 0 spiro atoms. The van der Waals surface area contributed by atoms with Crippen LogP contribution in [0.3, 0.4) is 0 Å². The molecule has 1 aliphatic carbocycles. The fourth-order valence-electron chi connectivity index (χ4n) is 5.11. The van der Waals surface area contributed by atoms with E-state index < -0.39 is 23.6 Å². The minimum atomic E-state index is -0.743. The van der Waals surface area contributed by atoms with Gasteiger partial charge in [-0.2, -0.15) is 0 Å². The number of nitrogens with zero attached hydrogens (tertiary/aromatic N) is 7. The lowest BCUT2D eigenvalue weighted by molar-refractivity contribution is -0.144. The molecule has 3 atom stereocenters. The van der Waals surface area contributed by atoms with Crippen LogP contribution in [-0.4, -0.2) is 83.1 Å². The third-order valence-electron chi connectivity index (χ3n) is 7.11. The summed E-state index contributed by atoms with van der Waals surface area (Å²) >= 11 is 1.58. The Labute approximate surface area is 229 Å². The number of carbonyl (C=O) groups is 2. The molecule has 210 valence electrons. The lowest BCUT2D eigenvalue weighted by Gasteiger charge is -2.34. The van der Waals surface area contributed by atoms with E-state index in [1.807, 2.05) is 33.2 Å². The predicted molar refractivity (Wildman–Crippen MR) is 145 cm³/mol. The number of hydrogen-bond donors (Lipinski definition) is 2. The Morgan fingerprint density at radius 1 is 1.21 bits per heavy atom. The van der Waals surface area contributed by atoms with Crippen molar-refractivity contribution in [3.63, 3.8) is 0 Å². The first-order chi connectivity index (χ1) is 18.0. The van der Waals surface area contributed by atoms with Crippen LogP contribution in [0, 0.1) is 11.3 Å². The number of rotatable bonds is 11. The largest absolute Gasteiger partial charge is 0.391 e. The van der Waals surface area contributed by atoms with Crippen LogP contribution in [0.2, 0.25) is 0 Å². The third-order valence-corrected chi connectivity index (χ3v) is 7.77. The maximum Gasteiger partial charge on any atom is 0.248 e. The molecule has 0 aromatic carbocycles. The Morgan fingerprint density at radius 3 is 2.58 bits per heavy atom. The number of nitrogens with one attached hydrogen (secondary N) is 1. The van der Waals surface area contributed by atoms with Crippen LogP contribution in [0.1, 0.15) is 83.8 Å². The smallest absolute Gasteiger partial charge is 0.248 e. The van der Waals surface area contributed by atoms with E-state index >= 15 is 0 Å². The number of aromatic nitrogens is 6. The molecule has 2 aliphatic rings. The average molecular weight is 547 g/mol. The Morgan fingerprint density at radius 2 is 1.95 bits per heavy atom. The lowest BCUT2D eigenvalue weighted by atomic mass is 9.85. The van der Waals surface area contributed by atoms with Gasteiger partial charge in [-0.05, 0) is 36.9 Å². The van der Waals surface area contributed by atoms with Gasteiger partial charge < -0.3 is 19.9 Å². The monoisotopic (exact) mass is 546 g/mol. The zero-order chi connectivity index (χ0) is 27.6. The molecule has 1 saturated heterocycles. The number of aryl methyl sites for hydroxylation is 1. The van der Waals surface area contributed by atoms with Gasteiger partial charge in [-0.15, -0.1) is 15.3 Å². The zero-order valence-corrected chi connectivity index (χ0v) is 24.2. The summed E-state index contributed by atoms with van der Waals surface area (Å²) in [5.41, 5.74) is 0.457. The molecule has 2 amide bonds. The minimum absolute atomic E-state index is 0.128. The van der Waals surface area contributed by atoms with Gasteiger partial charge >= 0.3 is 0 Å². The number of likely N-dealkylation sites (tertiary alicyclic amines) is 1. The van der Waals surface area contributed by atoms with Crippen LogP contribution >= 0.6 is 11.8 Å². The number of thioether (sulfide) groups is 1. The predicted octanol–water partition coefficient (Wildman–Crippen LogP) is 2.42. The Balaban J connectivity index is 1.39. The Hall–Kier alpha value is -2.47. The minimum Gasteiger partial charge on any atom is -0.391 e. The van der Waals surface area contributed by atoms with Crippen molar-refractivity contribution in [3.05, 3.63) is 17.7 Å². The van der Waals surface area contributed by atoms with E-state index in [9.17, 15) is 14.7 Å². The molecular weight excluding hydrogens is 504 g/mol. The van der Waals surface area contributed by atoms with Crippen molar-refractivity contribution in [2.24, 2.45) is 11.3 Å². The Kier molecular flexibility index (Phi) is 8.81. The number of carbonyl (C=O) groups excluding carboxylic acids is 2. The van der Waals surface area contributed by atoms with Crippen molar-refractivity contribution in [2.75, 3.05) is 19.3 Å². The molecule has 2 aromatic heterocycles. The van der Waals surface area contributed by atoms with Crippen LogP contribution in [-0.2, 0) is 22.6 Å². The zero-order valence-electron chi connectivity index (χ0n) is 23.4. The summed E-state index contributed by atoms with van der Waals surface area (Å²) in [6.07, 6.45) is 6.93. The SMILES string of the molecule is CSc1nnc(CCCNC(=O)[C@@H]2C[C@@H](O)CN2C(=O)[C@@H](n2cc(C3CC3)nn2)C(C)(C)C)n1CC(C)C. The van der Waals surface area contributed by atoms with Crippen molar-refractivity contribution in [1.82, 2.24) is 40.0 Å². The van der Waals surface area contributed by atoms with E-state index in [-0.39, 0.29) is 24.8 Å². The maximum atomic E-state index is 13.8. The maximum absolute atomic E-state index is 13.8. The van der Waals surface area contributed by atoms with Gasteiger partial charge in [-0.3, -0.25) is 9.59 Å². The van der Waals surface area contributed by atoms with Crippen molar-refractivity contribution in [3.8, 4) is 0 Å². The summed E-state index contributed by atoms with van der Waals surface area (Å²) in [6.45, 7) is 11.7. The summed E-state index contributed by atoms with van der Waals surface area (Å²) in [5.74, 6) is 1.36. The molecule has 0 bridgehead atoms. The van der Waals surface area contributed by atoms with Gasteiger partial charge in [0.15, 0.2) is 5.16 Å². The standard InChI is InChI=1S/C26H42N8O3S/c1-16(2)13-33-21(29-30-25(33)38-6)8-7-11-27-23(36)20-12-18(35)14-32(20)24(37)22(26(3,4)5)34-15-19(28-31-34)17-9-10-17/h15-18,20,22,35H,7-14H2,1-6H3,(H,27,36)/t18-,20+,22-/m1/s1. The fourth-order valence-corrected chi connectivity index (χ4v) is 5.63. The molecule has 38 heavy (non-hydrogen) atoms. The summed E-state index contributed by atoms with van der Waals surface area (Å²) in [7, 11) is 0. The van der Waals surface area contributed by atoms with Gasteiger partial charge in [0.1, 0.15) is 17.9 Å². The van der Waals surface area contributed by atoms with E-state index in [4.69, 9.17) is 0 Å². The molecule has 1 saturated carbocycles. The Bertz CT molecular complexity index is 1120. The van der Waals surface area contributed by atoms with Gasteiger partial charge in [0, 0.05) is 44.6 Å². The summed E-state index contributed by atoms with van der Waals surface area (Å²) < 4.78 is 3.79. The van der Waals surface area contributed by atoms with Crippen molar-refractivity contribution in [2.45, 2.75) is 103 Å². The highest BCUT2D eigenvalue weighted by atomic mass is 32.2. The average Bonchev–Trinajstić information content (AvgIpc) is 3.26. The molecular formula is C26H42N8O3S. The van der Waals surface area contributed by atoms with Crippen LogP contribution in [0.25, 0.3) is 0 Å². The van der Waals surface area contributed by atoms with Gasteiger partial charge in [0.2, 0.25) is 11.8 Å². The molecule has 2 fully saturated rings. The molecule has 12 heteroatoms. The number of aliphatic hydroxyl groups is 1. The highest BCUT2D eigenvalue weighted by Crippen LogP contribution is 2.40. The van der Waals surface area contributed by atoms with E-state index in [2.05, 4.69) is 44.2 Å². The highest BCUT2D eigenvalue weighted by Gasteiger charge is 2.45. The number of amides is 2. The number of β-amino-alcohol motifs (C(OH)–C–C–N with tert-alkyl or cyclic N) is 1. The van der Waals surface area contributed by atoms with Gasteiger partial charge in [-0.1, -0.05) is 51.6 Å². The van der Waals surface area contributed by atoms with Crippen LogP contribution in [0.5, 0.6) is 0 Å². The molecule has 4 rings (SSSR count). The quantitative estimate of drug-likeness (QED) is 0.325. The van der Waals surface area contributed by atoms with E-state index in [0.717, 1.165) is 36.1 Å². The second-order valence-corrected chi connectivity index (χ2v) is 12.8. The van der Waals surface area contributed by atoms with Crippen LogP contribution in [0.4, 0.5) is 0 Å². The van der Waals surface area contributed by atoms with E-state index in [0.29, 0.717) is 31.2 Å². The van der Waals surface area contributed by atoms with Gasteiger partial charge in [0.05, 0.1) is 11.8 Å². The van der Waals surface area contributed by atoms with E-state index in [1.54, 1.807) is 16.4 Å². The van der Waals surface area contributed by atoms with Crippen molar-refractivity contribution in [1.29, 1.82) is 0 Å². The first-order valence-electron chi connectivity index (χ1n) is 13.6. The molecule has 2 N–H and O–H groups in total. The summed E-state index contributed by atoms with van der Waals surface area (Å²) in [5, 5.41) is 31.5. The number of aliphatic hydroxyl groups excluding tert-OH is 1. The van der Waals surface area contributed by atoms with Crippen molar-refractivity contribution >= 4 is 23.6 Å². The molecule has 0 radical (unpaired) electrons. The lowest BCUT2D eigenvalue weighted by Crippen LogP contribution is -2.50.